The molecule has 1 heterocycles. The van der Waals surface area contributed by atoms with E-state index in [1.807, 2.05) is 0 Å². The average molecular weight is 782 g/mol. The van der Waals surface area contributed by atoms with Crippen LogP contribution in [-0.2, 0) is 10.8 Å². The third-order valence-electron chi connectivity index (χ3n) is 13.1. The summed E-state index contributed by atoms with van der Waals surface area (Å²) in [6, 6.07) is 86.0. The zero-order chi connectivity index (χ0) is 39.7. The summed E-state index contributed by atoms with van der Waals surface area (Å²) in [4.78, 5) is 2.49. The Morgan fingerprint density at radius 2 is 0.667 bits per heavy atom. The normalized spacial score (nSPS) is 13.9. The topological polar surface area (TPSA) is 3.24 Å². The van der Waals surface area contributed by atoms with Crippen molar-refractivity contribution in [2.75, 3.05) is 4.90 Å². The monoisotopic (exact) mass is 781 g/mol. The molecule has 0 radical (unpaired) electrons. The van der Waals surface area contributed by atoms with Gasteiger partial charge in [0.05, 0.1) is 10.8 Å². The number of rotatable bonds is 7. The predicted octanol–water partition coefficient (Wildman–Crippen LogP) is 15.1. The summed E-state index contributed by atoms with van der Waals surface area (Å²) in [6.07, 6.45) is 0. The molecule has 10 aromatic rings. The first-order valence-corrected chi connectivity index (χ1v) is 21.6. The van der Waals surface area contributed by atoms with Crippen molar-refractivity contribution in [1.82, 2.24) is 0 Å². The lowest BCUT2D eigenvalue weighted by Crippen LogP contribution is -2.29. The summed E-state index contributed by atoms with van der Waals surface area (Å²) in [7, 11) is 0. The molecular formula is C58H39NS. The summed E-state index contributed by atoms with van der Waals surface area (Å²) in [5, 5.41) is 3.46. The molecule has 9 aromatic carbocycles. The Morgan fingerprint density at radius 1 is 0.300 bits per heavy atom. The van der Waals surface area contributed by atoms with Crippen LogP contribution in [0, 0.1) is 0 Å². The number of nitrogens with zero attached hydrogens (tertiary/aromatic N) is 1. The average Bonchev–Trinajstić information content (AvgIpc) is 4.00. The number of anilines is 3. The number of hydrogen-bond acceptors (Lipinski definition) is 2. The molecule has 0 fully saturated rings. The highest BCUT2D eigenvalue weighted by molar-refractivity contribution is 7.17. The zero-order valence-corrected chi connectivity index (χ0v) is 33.7. The zero-order valence-electron chi connectivity index (χ0n) is 32.9. The maximum absolute atomic E-state index is 2.49. The summed E-state index contributed by atoms with van der Waals surface area (Å²) < 4.78 is 1.27. The molecule has 60 heavy (non-hydrogen) atoms. The van der Waals surface area contributed by atoms with E-state index < -0.39 is 10.8 Å². The van der Waals surface area contributed by atoms with E-state index in [1.165, 1.54) is 76.8 Å². The van der Waals surface area contributed by atoms with Crippen LogP contribution in [0.5, 0.6) is 0 Å². The fourth-order valence-electron chi connectivity index (χ4n) is 10.7. The van der Waals surface area contributed by atoms with Crippen molar-refractivity contribution < 1.29 is 0 Å². The molecule has 0 atom stereocenters. The Balaban J connectivity index is 1.15. The molecular weight excluding hydrogens is 743 g/mol. The second kappa shape index (κ2) is 13.7. The standard InChI is InChI=1S/C58H39NS/c1-5-17-41(18-6-1)57(42-19-7-2-8-20-42)52-27-15-13-25-48(52)50-33-31-45(37-54(50)57)59(47-30-29-40-35-36-60-56(40)39-47)46-32-34-51-49-26-14-16-28-53(49)58(55(51)38-46,43-21-9-3-10-22-43)44-23-11-4-12-24-44/h1-39H. The summed E-state index contributed by atoms with van der Waals surface area (Å²) >= 11 is 1.79. The molecule has 0 saturated heterocycles. The van der Waals surface area contributed by atoms with Gasteiger partial charge in [0, 0.05) is 21.8 Å². The summed E-state index contributed by atoms with van der Waals surface area (Å²) in [5.74, 6) is 0. The Morgan fingerprint density at radius 3 is 1.12 bits per heavy atom. The van der Waals surface area contributed by atoms with Crippen molar-refractivity contribution in [2.45, 2.75) is 10.8 Å². The predicted molar refractivity (Wildman–Crippen MR) is 251 cm³/mol. The molecule has 2 aliphatic carbocycles. The van der Waals surface area contributed by atoms with Gasteiger partial charge < -0.3 is 4.90 Å². The van der Waals surface area contributed by atoms with Gasteiger partial charge in [-0.05, 0) is 120 Å². The highest BCUT2D eigenvalue weighted by atomic mass is 32.1. The van der Waals surface area contributed by atoms with Crippen LogP contribution in [0.3, 0.4) is 0 Å². The second-order valence-electron chi connectivity index (χ2n) is 16.0. The highest BCUT2D eigenvalue weighted by Gasteiger charge is 2.48. The van der Waals surface area contributed by atoms with Gasteiger partial charge >= 0.3 is 0 Å². The Labute approximate surface area is 355 Å². The molecule has 0 N–H and O–H groups in total. The van der Waals surface area contributed by atoms with Crippen LogP contribution in [0.15, 0.2) is 236 Å². The van der Waals surface area contributed by atoms with Gasteiger partial charge in [-0.2, -0.15) is 0 Å². The Kier molecular flexibility index (Phi) is 7.91. The van der Waals surface area contributed by atoms with E-state index in [0.29, 0.717) is 0 Å². The van der Waals surface area contributed by atoms with E-state index in [2.05, 4.69) is 241 Å². The van der Waals surface area contributed by atoms with Gasteiger partial charge in [0.1, 0.15) is 0 Å². The highest BCUT2D eigenvalue weighted by Crippen LogP contribution is 2.59. The van der Waals surface area contributed by atoms with Crippen molar-refractivity contribution in [3.05, 3.63) is 280 Å². The molecule has 1 nitrogen and oxygen atoms in total. The number of thiophene rings is 1. The summed E-state index contributed by atoms with van der Waals surface area (Å²) in [6.45, 7) is 0. The van der Waals surface area contributed by atoms with Crippen LogP contribution in [-0.4, -0.2) is 0 Å². The fourth-order valence-corrected chi connectivity index (χ4v) is 11.5. The van der Waals surface area contributed by atoms with Gasteiger partial charge in [-0.3, -0.25) is 0 Å². The van der Waals surface area contributed by atoms with Crippen LogP contribution in [0.4, 0.5) is 17.1 Å². The van der Waals surface area contributed by atoms with E-state index in [4.69, 9.17) is 0 Å². The van der Waals surface area contributed by atoms with Crippen LogP contribution in [0.2, 0.25) is 0 Å². The van der Waals surface area contributed by atoms with Gasteiger partial charge in [-0.1, -0.05) is 188 Å². The Hall–Kier alpha value is -7.26. The maximum atomic E-state index is 2.49. The van der Waals surface area contributed by atoms with Crippen molar-refractivity contribution in [2.24, 2.45) is 0 Å². The number of hydrogen-bond donors (Lipinski definition) is 0. The van der Waals surface area contributed by atoms with Crippen molar-refractivity contribution in [3.63, 3.8) is 0 Å². The van der Waals surface area contributed by atoms with Crippen LogP contribution in [0.25, 0.3) is 32.3 Å². The van der Waals surface area contributed by atoms with Gasteiger partial charge in [-0.25, -0.2) is 0 Å². The van der Waals surface area contributed by atoms with Gasteiger partial charge in [0.25, 0.3) is 0 Å². The largest absolute Gasteiger partial charge is 0.310 e. The number of fused-ring (bicyclic) bond motifs is 7. The first kappa shape index (κ1) is 34.8. The van der Waals surface area contributed by atoms with E-state index in [9.17, 15) is 0 Å². The van der Waals surface area contributed by atoms with Crippen LogP contribution >= 0.6 is 11.3 Å². The maximum Gasteiger partial charge on any atom is 0.0714 e. The molecule has 0 unspecified atom stereocenters. The third-order valence-corrected chi connectivity index (χ3v) is 14.0. The SMILES string of the molecule is c1ccc(C2(c3ccccc3)c3ccccc3-c3ccc(N(c4ccc5c(c4)C(c4ccccc4)(c4ccccc4)c4ccccc4-5)c4ccc5ccsc5c4)cc32)cc1. The Bertz CT molecular complexity index is 2940. The molecule has 0 aliphatic heterocycles. The van der Waals surface area contributed by atoms with Crippen LogP contribution < -0.4 is 4.90 Å². The minimum absolute atomic E-state index is 0.511. The minimum Gasteiger partial charge on any atom is -0.310 e. The lowest BCUT2D eigenvalue weighted by Gasteiger charge is -2.36. The molecule has 2 aliphatic rings. The molecule has 0 saturated carbocycles. The van der Waals surface area contributed by atoms with E-state index in [-0.39, 0.29) is 0 Å². The van der Waals surface area contributed by atoms with E-state index >= 15 is 0 Å². The van der Waals surface area contributed by atoms with E-state index in [1.54, 1.807) is 11.3 Å². The molecule has 282 valence electrons. The quantitative estimate of drug-likeness (QED) is 0.156. The second-order valence-corrected chi connectivity index (χ2v) is 16.9. The molecule has 1 aromatic heterocycles. The first-order valence-electron chi connectivity index (χ1n) is 20.7. The molecule has 2 heteroatoms. The molecule has 12 rings (SSSR count). The fraction of sp³-hybridized carbons (Fsp3) is 0.0345. The van der Waals surface area contributed by atoms with Crippen molar-refractivity contribution in [3.8, 4) is 22.3 Å². The van der Waals surface area contributed by atoms with Gasteiger partial charge in [0.15, 0.2) is 0 Å². The summed E-state index contributed by atoms with van der Waals surface area (Å²) in [5.41, 5.74) is 17.7. The van der Waals surface area contributed by atoms with Gasteiger partial charge in [0.2, 0.25) is 0 Å². The van der Waals surface area contributed by atoms with Crippen molar-refractivity contribution >= 4 is 38.5 Å². The first-order chi connectivity index (χ1) is 29.8. The van der Waals surface area contributed by atoms with Crippen LogP contribution in [0.1, 0.15) is 44.5 Å². The number of benzene rings is 9. The molecule has 0 amide bonds. The lowest BCUT2D eigenvalue weighted by molar-refractivity contribution is 0.767. The van der Waals surface area contributed by atoms with E-state index in [0.717, 1.165) is 17.1 Å². The smallest absolute Gasteiger partial charge is 0.0714 e. The van der Waals surface area contributed by atoms with Gasteiger partial charge in [-0.15, -0.1) is 11.3 Å². The lowest BCUT2D eigenvalue weighted by atomic mass is 9.67. The third kappa shape index (κ3) is 4.92. The van der Waals surface area contributed by atoms with Crippen molar-refractivity contribution in [1.29, 1.82) is 0 Å². The molecule has 0 bridgehead atoms. The minimum atomic E-state index is -0.511. The molecule has 0 spiro atoms.